The molecule has 0 aliphatic carbocycles. The number of benzene rings is 1. The number of rotatable bonds is 3. The lowest BCUT2D eigenvalue weighted by molar-refractivity contribution is -0.122. The van der Waals surface area contributed by atoms with Crippen LogP contribution in [-0.2, 0) is 9.59 Å². The molecule has 3 rings (SSSR count). The Bertz CT molecular complexity index is 686. The van der Waals surface area contributed by atoms with E-state index in [-0.39, 0.29) is 23.0 Å². The van der Waals surface area contributed by atoms with Crippen molar-refractivity contribution in [3.63, 3.8) is 0 Å². The predicted octanol–water partition coefficient (Wildman–Crippen LogP) is 1.31. The third-order valence-corrected chi connectivity index (χ3v) is 4.58. The lowest BCUT2D eigenvalue weighted by Crippen LogP contribution is -2.38. The van der Waals surface area contributed by atoms with E-state index in [1.54, 1.807) is 12.1 Å². The molecule has 2 heterocycles. The second-order valence-corrected chi connectivity index (χ2v) is 6.49. The molecule has 3 N–H and O–H groups in total. The zero-order valence-electron chi connectivity index (χ0n) is 12.5. The average molecular weight is 332 g/mol. The first-order chi connectivity index (χ1) is 11.0. The summed E-state index contributed by atoms with van der Waals surface area (Å²) < 4.78 is 0. The van der Waals surface area contributed by atoms with Crippen LogP contribution in [0.5, 0.6) is 0 Å². The van der Waals surface area contributed by atoms with E-state index in [0.717, 1.165) is 23.0 Å². The summed E-state index contributed by atoms with van der Waals surface area (Å²) in [6.45, 7) is 1.95. The van der Waals surface area contributed by atoms with E-state index in [2.05, 4.69) is 21.2 Å². The van der Waals surface area contributed by atoms with Crippen LogP contribution in [0.25, 0.3) is 0 Å². The third-order valence-electron chi connectivity index (χ3n) is 3.70. The van der Waals surface area contributed by atoms with Crippen molar-refractivity contribution in [1.29, 1.82) is 0 Å². The van der Waals surface area contributed by atoms with Gasteiger partial charge in [0.05, 0.1) is 5.71 Å². The van der Waals surface area contributed by atoms with Crippen molar-refractivity contribution >= 4 is 40.2 Å². The Morgan fingerprint density at radius 2 is 2.04 bits per heavy atom. The molecule has 1 aromatic carbocycles. The fourth-order valence-corrected chi connectivity index (χ4v) is 3.26. The summed E-state index contributed by atoms with van der Waals surface area (Å²) in [5.74, 6) is 0.180. The molecule has 0 spiro atoms. The highest BCUT2D eigenvalue weighted by Crippen LogP contribution is 2.19. The predicted molar refractivity (Wildman–Crippen MR) is 88.3 cm³/mol. The van der Waals surface area contributed by atoms with E-state index < -0.39 is 6.04 Å². The molecule has 0 saturated carbocycles. The largest absolute Gasteiger partial charge is 0.334 e. The van der Waals surface area contributed by atoms with Crippen LogP contribution in [0.3, 0.4) is 0 Å². The van der Waals surface area contributed by atoms with Crippen LogP contribution >= 0.6 is 11.8 Å². The van der Waals surface area contributed by atoms with Crippen LogP contribution in [0, 0.1) is 5.92 Å². The average Bonchev–Trinajstić information content (AvgIpc) is 2.95. The van der Waals surface area contributed by atoms with Gasteiger partial charge < -0.3 is 10.6 Å². The molecule has 3 amide bonds. The van der Waals surface area contributed by atoms with Gasteiger partial charge in [-0.25, -0.2) is 5.43 Å². The maximum Gasteiger partial charge on any atom is 0.279 e. The molecule has 2 atom stereocenters. The number of nitrogens with zero attached hydrogens (tertiary/aromatic N) is 1. The topological polar surface area (TPSA) is 99.7 Å². The van der Waals surface area contributed by atoms with Gasteiger partial charge in [-0.3, -0.25) is 14.4 Å². The van der Waals surface area contributed by atoms with Gasteiger partial charge in [0.25, 0.3) is 5.24 Å². The number of hydrazone groups is 1. The van der Waals surface area contributed by atoms with Gasteiger partial charge >= 0.3 is 0 Å². The molecule has 1 fully saturated rings. The SMILES string of the molecule is CC1CC(=O)NN=C1c1ccc(NC(=O)C2CSC(=O)N2)cc1. The van der Waals surface area contributed by atoms with Crippen LogP contribution < -0.4 is 16.1 Å². The number of hydrogen-bond donors (Lipinski definition) is 3. The number of amides is 3. The molecule has 0 radical (unpaired) electrons. The van der Waals surface area contributed by atoms with Crippen molar-refractivity contribution in [2.24, 2.45) is 11.0 Å². The quantitative estimate of drug-likeness (QED) is 0.777. The van der Waals surface area contributed by atoms with E-state index in [0.29, 0.717) is 17.9 Å². The van der Waals surface area contributed by atoms with Crippen molar-refractivity contribution in [1.82, 2.24) is 10.7 Å². The Morgan fingerprint density at radius 3 is 2.65 bits per heavy atom. The summed E-state index contributed by atoms with van der Waals surface area (Å²) in [5.41, 5.74) is 4.86. The summed E-state index contributed by atoms with van der Waals surface area (Å²) in [4.78, 5) is 34.4. The zero-order chi connectivity index (χ0) is 16.4. The molecule has 23 heavy (non-hydrogen) atoms. The number of nitrogens with one attached hydrogen (secondary N) is 3. The maximum absolute atomic E-state index is 12.0. The molecule has 2 unspecified atom stereocenters. The lowest BCUT2D eigenvalue weighted by atomic mass is 9.94. The molecule has 1 saturated heterocycles. The highest BCUT2D eigenvalue weighted by atomic mass is 32.2. The van der Waals surface area contributed by atoms with Crippen molar-refractivity contribution in [2.75, 3.05) is 11.1 Å². The van der Waals surface area contributed by atoms with Crippen molar-refractivity contribution < 1.29 is 14.4 Å². The molecule has 0 aromatic heterocycles. The summed E-state index contributed by atoms with van der Waals surface area (Å²) in [6.07, 6.45) is 0.413. The summed E-state index contributed by atoms with van der Waals surface area (Å²) >= 11 is 1.10. The number of anilines is 1. The number of hydrogen-bond acceptors (Lipinski definition) is 5. The Kier molecular flexibility index (Phi) is 4.33. The fourth-order valence-electron chi connectivity index (χ4n) is 2.48. The minimum absolute atomic E-state index is 0.0508. The third kappa shape index (κ3) is 3.53. The zero-order valence-corrected chi connectivity index (χ0v) is 13.3. The van der Waals surface area contributed by atoms with Gasteiger partial charge in [-0.2, -0.15) is 5.10 Å². The van der Waals surface area contributed by atoms with Gasteiger partial charge in [0.15, 0.2) is 0 Å². The first-order valence-electron chi connectivity index (χ1n) is 7.24. The van der Waals surface area contributed by atoms with Crippen LogP contribution in [0.15, 0.2) is 29.4 Å². The minimum atomic E-state index is -0.495. The smallest absolute Gasteiger partial charge is 0.279 e. The van der Waals surface area contributed by atoms with E-state index in [9.17, 15) is 14.4 Å². The second kappa shape index (κ2) is 6.41. The molecule has 0 bridgehead atoms. The normalized spacial score (nSPS) is 23.8. The van der Waals surface area contributed by atoms with E-state index in [4.69, 9.17) is 0 Å². The molecule has 1 aromatic rings. The first-order valence-corrected chi connectivity index (χ1v) is 8.22. The first kappa shape index (κ1) is 15.5. The molecule has 8 heteroatoms. The number of carbonyl (C=O) groups is 3. The van der Waals surface area contributed by atoms with Crippen molar-refractivity contribution in [2.45, 2.75) is 19.4 Å². The van der Waals surface area contributed by atoms with Gasteiger partial charge in [-0.1, -0.05) is 30.8 Å². The van der Waals surface area contributed by atoms with Gasteiger partial charge in [0, 0.05) is 23.8 Å². The lowest BCUT2D eigenvalue weighted by Gasteiger charge is -2.19. The van der Waals surface area contributed by atoms with Gasteiger partial charge in [-0.15, -0.1) is 0 Å². The standard InChI is InChI=1S/C15H16N4O3S/c1-8-6-12(20)18-19-13(8)9-2-4-10(5-3-9)16-14(21)11-7-23-15(22)17-11/h2-5,8,11H,6-7H2,1H3,(H,16,21)(H,17,22)(H,18,20). The Balaban J connectivity index is 1.66. The van der Waals surface area contributed by atoms with E-state index >= 15 is 0 Å². The Labute approximate surface area is 137 Å². The summed E-state index contributed by atoms with van der Waals surface area (Å²) in [7, 11) is 0. The van der Waals surface area contributed by atoms with Crippen LogP contribution in [-0.4, -0.2) is 34.6 Å². The monoisotopic (exact) mass is 332 g/mol. The number of thioether (sulfide) groups is 1. The molecular formula is C15H16N4O3S. The van der Waals surface area contributed by atoms with Crippen molar-refractivity contribution in [3.05, 3.63) is 29.8 Å². The van der Waals surface area contributed by atoms with Crippen LogP contribution in [0.1, 0.15) is 18.9 Å². The highest BCUT2D eigenvalue weighted by Gasteiger charge is 2.28. The molecular weight excluding hydrogens is 316 g/mol. The molecule has 120 valence electrons. The van der Waals surface area contributed by atoms with Crippen LogP contribution in [0.4, 0.5) is 10.5 Å². The van der Waals surface area contributed by atoms with Gasteiger partial charge in [0.1, 0.15) is 6.04 Å². The summed E-state index contributed by atoms with van der Waals surface area (Å²) in [5, 5.41) is 9.30. The molecule has 7 nitrogen and oxygen atoms in total. The van der Waals surface area contributed by atoms with Crippen molar-refractivity contribution in [3.8, 4) is 0 Å². The highest BCUT2D eigenvalue weighted by molar-refractivity contribution is 8.14. The maximum atomic E-state index is 12.0. The van der Waals surface area contributed by atoms with Crippen LogP contribution in [0.2, 0.25) is 0 Å². The fraction of sp³-hybridized carbons (Fsp3) is 0.333. The van der Waals surface area contributed by atoms with Gasteiger partial charge in [-0.05, 0) is 17.7 Å². The van der Waals surface area contributed by atoms with E-state index in [1.807, 2.05) is 19.1 Å². The molecule has 2 aliphatic heterocycles. The Morgan fingerprint density at radius 1 is 1.30 bits per heavy atom. The number of carbonyl (C=O) groups excluding carboxylic acids is 3. The molecule has 2 aliphatic rings. The minimum Gasteiger partial charge on any atom is -0.334 e. The van der Waals surface area contributed by atoms with E-state index in [1.165, 1.54) is 0 Å². The Hall–Kier alpha value is -2.35. The second-order valence-electron chi connectivity index (χ2n) is 5.50. The van der Waals surface area contributed by atoms with Gasteiger partial charge in [0.2, 0.25) is 11.8 Å². The summed E-state index contributed by atoms with van der Waals surface area (Å²) in [6, 6.07) is 6.77.